The second kappa shape index (κ2) is 7.08. The van der Waals surface area contributed by atoms with Gasteiger partial charge in [-0.2, -0.15) is 0 Å². The maximum Gasteiger partial charge on any atom is 0.421 e. The molecule has 0 saturated carbocycles. The zero-order chi connectivity index (χ0) is 20.6. The Bertz CT molecular complexity index is 1260. The number of oxazole rings is 1. The molecule has 0 atom stereocenters. The number of aromatic nitrogens is 1. The number of nitrogens with zero attached hydrogens (tertiary/aromatic N) is 1. The van der Waals surface area contributed by atoms with Crippen LogP contribution in [0.15, 0.2) is 118 Å². The monoisotopic (exact) mass is 392 g/mol. The van der Waals surface area contributed by atoms with Crippen LogP contribution in [0.3, 0.4) is 0 Å². The van der Waals surface area contributed by atoms with Crippen LogP contribution in [0.4, 0.5) is 5.69 Å². The van der Waals surface area contributed by atoms with E-state index in [0.29, 0.717) is 16.8 Å². The summed E-state index contributed by atoms with van der Waals surface area (Å²) in [7, 11) is 0. The van der Waals surface area contributed by atoms with E-state index in [2.05, 4.69) is 0 Å². The molecule has 0 amide bonds. The first kappa shape index (κ1) is 18.0. The zero-order valence-corrected chi connectivity index (χ0v) is 16.2. The molecule has 0 saturated heterocycles. The highest BCUT2D eigenvalue weighted by molar-refractivity contribution is 5.78. The largest absolute Gasteiger partial charge is 0.421 e. The lowest BCUT2D eigenvalue weighted by Gasteiger charge is -2.36. The maximum absolute atomic E-state index is 13.4. The Morgan fingerprint density at radius 3 is 1.60 bits per heavy atom. The van der Waals surface area contributed by atoms with Crippen molar-refractivity contribution < 1.29 is 4.42 Å². The molecule has 0 aliphatic carbocycles. The van der Waals surface area contributed by atoms with Gasteiger partial charge in [-0.25, -0.2) is 4.79 Å². The van der Waals surface area contributed by atoms with Crippen molar-refractivity contribution in [1.29, 1.82) is 0 Å². The summed E-state index contributed by atoms with van der Waals surface area (Å²) in [5.74, 6) is -0.438. The van der Waals surface area contributed by atoms with Crippen LogP contribution in [-0.2, 0) is 5.54 Å². The van der Waals surface area contributed by atoms with Gasteiger partial charge < -0.3 is 10.2 Å². The standard InChI is InChI=1S/C26H20N2O2/c27-22-16-17-23-24(18-22)30-25(29)28(23)26(19-10-4-1-5-11-19,20-12-6-2-7-13-20)21-14-8-3-9-15-21/h1-18H,27H2. The highest BCUT2D eigenvalue weighted by atomic mass is 16.4. The summed E-state index contributed by atoms with van der Waals surface area (Å²) in [6.45, 7) is 0. The molecule has 4 aromatic carbocycles. The Kier molecular flexibility index (Phi) is 4.25. The zero-order valence-electron chi connectivity index (χ0n) is 16.2. The third kappa shape index (κ3) is 2.65. The van der Waals surface area contributed by atoms with E-state index in [1.165, 1.54) is 0 Å². The van der Waals surface area contributed by atoms with Gasteiger partial charge in [0.05, 0.1) is 5.52 Å². The van der Waals surface area contributed by atoms with Crippen LogP contribution in [-0.4, -0.2) is 4.57 Å². The summed E-state index contributed by atoms with van der Waals surface area (Å²) in [5, 5.41) is 0. The minimum Gasteiger partial charge on any atom is -0.408 e. The van der Waals surface area contributed by atoms with E-state index < -0.39 is 11.3 Å². The quantitative estimate of drug-likeness (QED) is 0.345. The van der Waals surface area contributed by atoms with Gasteiger partial charge in [-0.15, -0.1) is 0 Å². The van der Waals surface area contributed by atoms with Crippen LogP contribution in [0.1, 0.15) is 16.7 Å². The number of benzene rings is 4. The van der Waals surface area contributed by atoms with Crippen LogP contribution in [0, 0.1) is 0 Å². The Morgan fingerprint density at radius 1 is 0.667 bits per heavy atom. The predicted octanol–water partition coefficient (Wildman–Crippen LogP) is 5.02. The molecule has 0 spiro atoms. The molecule has 5 aromatic rings. The van der Waals surface area contributed by atoms with Crippen molar-refractivity contribution in [3.63, 3.8) is 0 Å². The maximum atomic E-state index is 13.4. The van der Waals surface area contributed by atoms with Crippen molar-refractivity contribution in [2.24, 2.45) is 0 Å². The summed E-state index contributed by atoms with van der Waals surface area (Å²) in [6.07, 6.45) is 0. The molecule has 2 N–H and O–H groups in total. The van der Waals surface area contributed by atoms with Gasteiger partial charge in [0.15, 0.2) is 5.58 Å². The fourth-order valence-corrected chi connectivity index (χ4v) is 4.28. The molecular formula is C26H20N2O2. The van der Waals surface area contributed by atoms with Crippen LogP contribution in [0.5, 0.6) is 0 Å². The van der Waals surface area contributed by atoms with E-state index in [1.54, 1.807) is 16.7 Å². The van der Waals surface area contributed by atoms with E-state index >= 15 is 0 Å². The first-order valence-electron chi connectivity index (χ1n) is 9.79. The topological polar surface area (TPSA) is 61.2 Å². The number of nitrogen functional groups attached to an aromatic ring is 1. The van der Waals surface area contributed by atoms with Crippen LogP contribution in [0.25, 0.3) is 11.1 Å². The Balaban J connectivity index is 2.01. The Morgan fingerprint density at radius 2 is 1.13 bits per heavy atom. The van der Waals surface area contributed by atoms with Gasteiger partial charge in [0, 0.05) is 11.8 Å². The molecule has 0 unspecified atom stereocenters. The van der Waals surface area contributed by atoms with Gasteiger partial charge in [0.25, 0.3) is 0 Å². The predicted molar refractivity (Wildman–Crippen MR) is 119 cm³/mol. The van der Waals surface area contributed by atoms with Crippen LogP contribution in [0.2, 0.25) is 0 Å². The fourth-order valence-electron chi connectivity index (χ4n) is 4.28. The molecule has 146 valence electrons. The second-order valence-electron chi connectivity index (χ2n) is 7.24. The molecule has 0 fully saturated rings. The van der Waals surface area contributed by atoms with Gasteiger partial charge in [-0.05, 0) is 28.8 Å². The van der Waals surface area contributed by atoms with Gasteiger partial charge in [-0.1, -0.05) is 91.0 Å². The molecular weight excluding hydrogens is 372 g/mol. The Hall–Kier alpha value is -4.05. The molecule has 4 heteroatoms. The molecule has 0 radical (unpaired) electrons. The lowest BCUT2D eigenvalue weighted by atomic mass is 9.76. The minimum absolute atomic E-state index is 0.438. The molecule has 0 bridgehead atoms. The number of fused-ring (bicyclic) bond motifs is 1. The highest BCUT2D eigenvalue weighted by Crippen LogP contribution is 2.41. The molecule has 4 nitrogen and oxygen atoms in total. The summed E-state index contributed by atoms with van der Waals surface area (Å²) in [4.78, 5) is 13.4. The van der Waals surface area contributed by atoms with Crippen molar-refractivity contribution in [1.82, 2.24) is 4.57 Å². The molecule has 0 aliphatic rings. The van der Waals surface area contributed by atoms with Gasteiger partial charge in [0.1, 0.15) is 5.54 Å². The van der Waals surface area contributed by atoms with Crippen LogP contribution >= 0.6 is 0 Å². The lowest BCUT2D eigenvalue weighted by Crippen LogP contribution is -2.42. The summed E-state index contributed by atoms with van der Waals surface area (Å²) >= 11 is 0. The van der Waals surface area contributed by atoms with Gasteiger partial charge in [0.2, 0.25) is 0 Å². The number of nitrogens with two attached hydrogens (primary N) is 1. The van der Waals surface area contributed by atoms with Crippen molar-refractivity contribution in [3.05, 3.63) is 136 Å². The van der Waals surface area contributed by atoms with Gasteiger partial charge in [-0.3, -0.25) is 4.57 Å². The van der Waals surface area contributed by atoms with E-state index in [0.717, 1.165) is 16.7 Å². The normalized spacial score (nSPS) is 11.6. The average molecular weight is 392 g/mol. The van der Waals surface area contributed by atoms with E-state index in [-0.39, 0.29) is 0 Å². The third-order valence-electron chi connectivity index (χ3n) is 5.51. The smallest absolute Gasteiger partial charge is 0.408 e. The summed E-state index contributed by atoms with van der Waals surface area (Å²) < 4.78 is 7.42. The average Bonchev–Trinajstić information content (AvgIpc) is 3.12. The lowest BCUT2D eigenvalue weighted by molar-refractivity contribution is 0.441. The SMILES string of the molecule is Nc1ccc2c(c1)oc(=O)n2C(c1ccccc1)(c1ccccc1)c1ccccc1. The summed E-state index contributed by atoms with van der Waals surface area (Å²) in [6, 6.07) is 35.4. The van der Waals surface area contributed by atoms with Crippen LogP contribution < -0.4 is 11.5 Å². The van der Waals surface area contributed by atoms with E-state index in [1.807, 2.05) is 97.1 Å². The van der Waals surface area contributed by atoms with Crippen molar-refractivity contribution in [3.8, 4) is 0 Å². The van der Waals surface area contributed by atoms with Crippen molar-refractivity contribution >= 4 is 16.8 Å². The molecule has 1 aromatic heterocycles. The number of rotatable bonds is 4. The van der Waals surface area contributed by atoms with Crippen molar-refractivity contribution in [2.45, 2.75) is 5.54 Å². The van der Waals surface area contributed by atoms with E-state index in [4.69, 9.17) is 10.2 Å². The molecule has 0 aliphatic heterocycles. The summed E-state index contributed by atoms with van der Waals surface area (Å²) in [5.41, 5.74) is 9.63. The Labute approximate surface area is 173 Å². The molecule has 30 heavy (non-hydrogen) atoms. The number of anilines is 1. The minimum atomic E-state index is -0.914. The van der Waals surface area contributed by atoms with Crippen molar-refractivity contribution in [2.75, 3.05) is 5.73 Å². The van der Waals surface area contributed by atoms with Gasteiger partial charge >= 0.3 is 5.76 Å². The first-order chi connectivity index (χ1) is 14.7. The third-order valence-corrected chi connectivity index (χ3v) is 5.51. The number of hydrogen-bond donors (Lipinski definition) is 1. The molecule has 5 rings (SSSR count). The van der Waals surface area contributed by atoms with E-state index in [9.17, 15) is 4.79 Å². The first-order valence-corrected chi connectivity index (χ1v) is 9.79. The fraction of sp³-hybridized carbons (Fsp3) is 0.0385. The number of hydrogen-bond acceptors (Lipinski definition) is 3. The second-order valence-corrected chi connectivity index (χ2v) is 7.24. The molecule has 1 heterocycles. The highest BCUT2D eigenvalue weighted by Gasteiger charge is 2.41.